The predicted octanol–water partition coefficient (Wildman–Crippen LogP) is 5.73. The standard InChI is InChI=1S/C27H22F4N2O3/c28-20-2-1-3-21(29)19(20)15-33-10-8-27(35,9-11-33)17-4-7-24-16(12-17)13-25(36-24)26(34)32-18-5-6-22(30)23(31)14-18/h1-7,12-14,35H,8-11,15H2,(H,32,34). The Morgan fingerprint density at radius 2 is 1.64 bits per heavy atom. The van der Waals surface area contributed by atoms with Crippen LogP contribution in [0.3, 0.4) is 0 Å². The number of piperidine rings is 1. The van der Waals surface area contributed by atoms with Crippen LogP contribution in [0.4, 0.5) is 23.2 Å². The summed E-state index contributed by atoms with van der Waals surface area (Å²) in [6.07, 6.45) is 0.714. The predicted molar refractivity (Wildman–Crippen MR) is 125 cm³/mol. The minimum Gasteiger partial charge on any atom is -0.451 e. The van der Waals surface area contributed by atoms with Crippen LogP contribution in [-0.4, -0.2) is 29.0 Å². The Kier molecular flexibility index (Phi) is 6.27. The maximum absolute atomic E-state index is 14.0. The summed E-state index contributed by atoms with van der Waals surface area (Å²) in [4.78, 5) is 14.4. The summed E-state index contributed by atoms with van der Waals surface area (Å²) in [5.74, 6) is -3.95. The SMILES string of the molecule is O=C(Nc1ccc(F)c(F)c1)c1cc2cc(C3(O)CCN(Cc4c(F)cccc4F)CC3)ccc2o1. The third kappa shape index (κ3) is 4.72. The molecule has 2 heterocycles. The van der Waals surface area contributed by atoms with Crippen molar-refractivity contribution < 1.29 is 31.9 Å². The molecule has 186 valence electrons. The number of halogens is 4. The van der Waals surface area contributed by atoms with Crippen molar-refractivity contribution in [2.24, 2.45) is 0 Å². The number of aliphatic hydroxyl groups is 1. The summed E-state index contributed by atoms with van der Waals surface area (Å²) < 4.78 is 60.1. The Morgan fingerprint density at radius 1 is 0.917 bits per heavy atom. The van der Waals surface area contributed by atoms with Crippen LogP contribution in [0.5, 0.6) is 0 Å². The lowest BCUT2D eigenvalue weighted by molar-refractivity contribution is -0.0280. The van der Waals surface area contributed by atoms with Gasteiger partial charge in [0.25, 0.3) is 5.91 Å². The van der Waals surface area contributed by atoms with Crippen LogP contribution in [0.15, 0.2) is 65.1 Å². The highest BCUT2D eigenvalue weighted by Gasteiger charge is 2.34. The second kappa shape index (κ2) is 9.40. The first-order chi connectivity index (χ1) is 17.2. The molecule has 1 fully saturated rings. The van der Waals surface area contributed by atoms with Gasteiger partial charge in [-0.2, -0.15) is 0 Å². The Labute approximate surface area is 203 Å². The average Bonchev–Trinajstić information content (AvgIpc) is 3.29. The van der Waals surface area contributed by atoms with Gasteiger partial charge >= 0.3 is 0 Å². The van der Waals surface area contributed by atoms with E-state index in [0.29, 0.717) is 42.5 Å². The van der Waals surface area contributed by atoms with E-state index in [1.165, 1.54) is 30.3 Å². The van der Waals surface area contributed by atoms with Crippen molar-refractivity contribution in [3.8, 4) is 0 Å². The van der Waals surface area contributed by atoms with E-state index in [0.717, 1.165) is 12.1 Å². The molecule has 0 spiro atoms. The summed E-state index contributed by atoms with van der Waals surface area (Å²) in [6.45, 7) is 0.997. The van der Waals surface area contributed by atoms with Gasteiger partial charge in [0.1, 0.15) is 17.2 Å². The van der Waals surface area contributed by atoms with Crippen LogP contribution < -0.4 is 5.32 Å². The molecule has 3 aromatic carbocycles. The molecule has 0 radical (unpaired) electrons. The zero-order valence-corrected chi connectivity index (χ0v) is 19.0. The molecule has 1 aromatic heterocycles. The smallest absolute Gasteiger partial charge is 0.291 e. The molecule has 5 rings (SSSR count). The van der Waals surface area contributed by atoms with Crippen LogP contribution in [0.25, 0.3) is 11.0 Å². The number of rotatable bonds is 5. The van der Waals surface area contributed by atoms with E-state index in [-0.39, 0.29) is 23.6 Å². The lowest BCUT2D eigenvalue weighted by Gasteiger charge is -2.38. The van der Waals surface area contributed by atoms with Gasteiger partial charge in [0.2, 0.25) is 0 Å². The molecule has 9 heteroatoms. The summed E-state index contributed by atoms with van der Waals surface area (Å²) in [5.41, 5.74) is 0.00252. The fraction of sp³-hybridized carbons (Fsp3) is 0.222. The third-order valence-corrected chi connectivity index (χ3v) is 6.58. The van der Waals surface area contributed by atoms with Gasteiger partial charge in [0.05, 0.1) is 5.60 Å². The molecule has 0 unspecified atom stereocenters. The Balaban J connectivity index is 1.28. The number of hydrogen-bond donors (Lipinski definition) is 2. The van der Waals surface area contributed by atoms with Crippen molar-refractivity contribution in [2.75, 3.05) is 18.4 Å². The van der Waals surface area contributed by atoms with E-state index < -0.39 is 34.8 Å². The monoisotopic (exact) mass is 498 g/mol. The first-order valence-electron chi connectivity index (χ1n) is 11.4. The lowest BCUT2D eigenvalue weighted by atomic mass is 9.84. The van der Waals surface area contributed by atoms with Crippen LogP contribution in [0, 0.1) is 23.3 Å². The number of fused-ring (bicyclic) bond motifs is 1. The number of nitrogens with one attached hydrogen (secondary N) is 1. The van der Waals surface area contributed by atoms with E-state index in [1.807, 2.05) is 4.90 Å². The fourth-order valence-electron chi connectivity index (χ4n) is 4.49. The average molecular weight is 498 g/mol. The molecule has 1 saturated heterocycles. The van der Waals surface area contributed by atoms with Crippen LogP contribution in [-0.2, 0) is 12.1 Å². The molecule has 1 aliphatic heterocycles. The first kappa shape index (κ1) is 24.0. The Morgan fingerprint density at radius 3 is 2.33 bits per heavy atom. The molecule has 1 aliphatic rings. The number of anilines is 1. The highest BCUT2D eigenvalue weighted by atomic mass is 19.2. The summed E-state index contributed by atoms with van der Waals surface area (Å²) in [5, 5.41) is 14.4. The zero-order chi connectivity index (χ0) is 25.4. The molecule has 0 saturated carbocycles. The molecule has 4 aromatic rings. The first-order valence-corrected chi connectivity index (χ1v) is 11.4. The molecule has 0 bridgehead atoms. The van der Waals surface area contributed by atoms with E-state index in [1.54, 1.807) is 18.2 Å². The van der Waals surface area contributed by atoms with Crippen molar-refractivity contribution in [3.63, 3.8) is 0 Å². The molecular weight excluding hydrogens is 476 g/mol. The van der Waals surface area contributed by atoms with Gasteiger partial charge in [-0.15, -0.1) is 0 Å². The molecule has 1 amide bonds. The fourth-order valence-corrected chi connectivity index (χ4v) is 4.49. The van der Waals surface area contributed by atoms with E-state index in [4.69, 9.17) is 4.42 Å². The summed E-state index contributed by atoms with van der Waals surface area (Å²) >= 11 is 0. The number of benzene rings is 3. The van der Waals surface area contributed by atoms with Gasteiger partial charge in [0.15, 0.2) is 17.4 Å². The van der Waals surface area contributed by atoms with Gasteiger partial charge in [-0.3, -0.25) is 9.69 Å². The number of nitrogens with zero attached hydrogens (tertiary/aromatic N) is 1. The molecule has 5 nitrogen and oxygen atoms in total. The number of amides is 1. The summed E-state index contributed by atoms with van der Waals surface area (Å²) in [7, 11) is 0. The van der Waals surface area contributed by atoms with Crippen molar-refractivity contribution in [3.05, 3.63) is 101 Å². The highest BCUT2D eigenvalue weighted by molar-refractivity contribution is 6.04. The number of likely N-dealkylation sites (tertiary alicyclic amines) is 1. The number of carbonyl (C=O) groups is 1. The molecule has 36 heavy (non-hydrogen) atoms. The van der Waals surface area contributed by atoms with E-state index >= 15 is 0 Å². The number of carbonyl (C=O) groups excluding carboxylic acids is 1. The molecule has 0 atom stereocenters. The minimum atomic E-state index is -1.15. The minimum absolute atomic E-state index is 0.0111. The van der Waals surface area contributed by atoms with Gasteiger partial charge in [-0.05, 0) is 60.9 Å². The maximum atomic E-state index is 14.0. The van der Waals surface area contributed by atoms with Gasteiger partial charge in [-0.25, -0.2) is 17.6 Å². The maximum Gasteiger partial charge on any atom is 0.291 e. The van der Waals surface area contributed by atoms with Crippen LogP contribution in [0.1, 0.15) is 34.5 Å². The van der Waals surface area contributed by atoms with Crippen molar-refractivity contribution in [1.29, 1.82) is 0 Å². The van der Waals surface area contributed by atoms with Gasteiger partial charge in [0, 0.05) is 42.3 Å². The lowest BCUT2D eigenvalue weighted by Crippen LogP contribution is -2.42. The highest BCUT2D eigenvalue weighted by Crippen LogP contribution is 2.35. The number of hydrogen-bond acceptors (Lipinski definition) is 4. The summed E-state index contributed by atoms with van der Waals surface area (Å²) in [6, 6.07) is 13.4. The second-order valence-electron chi connectivity index (χ2n) is 8.95. The van der Waals surface area contributed by atoms with Crippen LogP contribution >= 0.6 is 0 Å². The topological polar surface area (TPSA) is 65.7 Å². The van der Waals surface area contributed by atoms with Crippen molar-refractivity contribution >= 4 is 22.6 Å². The molecular formula is C27H22F4N2O3. The molecule has 0 aliphatic carbocycles. The Bertz CT molecular complexity index is 1420. The van der Waals surface area contributed by atoms with Gasteiger partial charge < -0.3 is 14.8 Å². The quantitative estimate of drug-likeness (QED) is 0.345. The third-order valence-electron chi connectivity index (χ3n) is 6.58. The Hall–Kier alpha value is -3.69. The second-order valence-corrected chi connectivity index (χ2v) is 8.95. The van der Waals surface area contributed by atoms with Crippen molar-refractivity contribution in [1.82, 2.24) is 4.90 Å². The largest absolute Gasteiger partial charge is 0.451 e. The zero-order valence-electron chi connectivity index (χ0n) is 19.0. The van der Waals surface area contributed by atoms with E-state index in [9.17, 15) is 27.5 Å². The van der Waals surface area contributed by atoms with Crippen LogP contribution in [0.2, 0.25) is 0 Å². The van der Waals surface area contributed by atoms with E-state index in [2.05, 4.69) is 5.32 Å². The number of furan rings is 1. The molecule has 2 N–H and O–H groups in total. The van der Waals surface area contributed by atoms with Crippen molar-refractivity contribution in [2.45, 2.75) is 25.0 Å². The van der Waals surface area contributed by atoms with Gasteiger partial charge in [-0.1, -0.05) is 12.1 Å². The normalized spacial score (nSPS) is 15.8.